The molecule has 0 unspecified atom stereocenters. The number of rotatable bonds is 3. The molecule has 4 rings (SSSR count). The molecule has 0 radical (unpaired) electrons. The Bertz CT molecular complexity index is 990. The maximum atomic E-state index is 12.5. The van der Waals surface area contributed by atoms with E-state index in [1.807, 2.05) is 30.3 Å². The highest BCUT2D eigenvalue weighted by molar-refractivity contribution is 6.11. The molecule has 4 aromatic rings. The molecule has 0 aliphatic carbocycles. The van der Waals surface area contributed by atoms with Gasteiger partial charge in [-0.05, 0) is 17.5 Å². The third kappa shape index (κ3) is 2.58. The molecule has 0 fully saturated rings. The fourth-order valence-corrected chi connectivity index (χ4v) is 2.38. The summed E-state index contributed by atoms with van der Waals surface area (Å²) in [5.41, 5.74) is 0.856. The summed E-state index contributed by atoms with van der Waals surface area (Å²) >= 11 is 0. The lowest BCUT2D eigenvalue weighted by Crippen LogP contribution is -2.15. The maximum absolute atomic E-state index is 12.5. The SMILES string of the molecule is O=C(Nc1cnc(-n2cccn2)nc1)c1nccc2ccccc12. The van der Waals surface area contributed by atoms with Gasteiger partial charge in [0.15, 0.2) is 0 Å². The zero-order valence-electron chi connectivity index (χ0n) is 12.5. The van der Waals surface area contributed by atoms with Crippen LogP contribution < -0.4 is 5.32 Å². The van der Waals surface area contributed by atoms with Crippen molar-refractivity contribution in [3.63, 3.8) is 0 Å². The zero-order valence-corrected chi connectivity index (χ0v) is 12.5. The van der Waals surface area contributed by atoms with Crippen LogP contribution in [0.25, 0.3) is 16.7 Å². The number of hydrogen-bond donors (Lipinski definition) is 1. The summed E-state index contributed by atoms with van der Waals surface area (Å²) in [4.78, 5) is 25.1. The van der Waals surface area contributed by atoms with E-state index in [9.17, 15) is 4.79 Å². The Balaban J connectivity index is 1.59. The summed E-state index contributed by atoms with van der Waals surface area (Å²) in [6, 6.07) is 11.3. The second kappa shape index (κ2) is 5.88. The van der Waals surface area contributed by atoms with Crippen LogP contribution in [0.1, 0.15) is 10.5 Å². The van der Waals surface area contributed by atoms with E-state index in [1.54, 1.807) is 24.7 Å². The standard InChI is InChI=1S/C17H12N6O/c24-16(15-14-5-2-1-4-12(14)6-8-18-15)22-13-10-19-17(20-11-13)23-9-3-7-21-23/h1-11H,(H,22,24). The quantitative estimate of drug-likeness (QED) is 0.627. The number of carbonyl (C=O) groups is 1. The van der Waals surface area contributed by atoms with Crippen LogP contribution in [0.3, 0.4) is 0 Å². The average Bonchev–Trinajstić information content (AvgIpc) is 3.16. The van der Waals surface area contributed by atoms with E-state index < -0.39 is 0 Å². The highest BCUT2D eigenvalue weighted by Gasteiger charge is 2.12. The predicted octanol–water partition coefficient (Wildman–Crippen LogP) is 2.46. The number of anilines is 1. The summed E-state index contributed by atoms with van der Waals surface area (Å²) in [5.74, 6) is 0.128. The molecule has 7 heteroatoms. The molecule has 3 aromatic heterocycles. The summed E-state index contributed by atoms with van der Waals surface area (Å²) in [6.07, 6.45) is 8.08. The third-order valence-corrected chi connectivity index (χ3v) is 3.49. The van der Waals surface area contributed by atoms with Crippen LogP contribution in [0.2, 0.25) is 0 Å². The van der Waals surface area contributed by atoms with Crippen LogP contribution in [-0.2, 0) is 0 Å². The highest BCUT2D eigenvalue weighted by Crippen LogP contribution is 2.17. The van der Waals surface area contributed by atoms with Crippen molar-refractivity contribution in [3.05, 3.63) is 73.1 Å². The van der Waals surface area contributed by atoms with Gasteiger partial charge in [0.1, 0.15) is 5.69 Å². The fraction of sp³-hybridized carbons (Fsp3) is 0. The molecule has 0 spiro atoms. The van der Waals surface area contributed by atoms with Crippen molar-refractivity contribution in [2.24, 2.45) is 0 Å². The molecular weight excluding hydrogens is 304 g/mol. The zero-order chi connectivity index (χ0) is 16.4. The maximum Gasteiger partial charge on any atom is 0.274 e. The van der Waals surface area contributed by atoms with Crippen LogP contribution in [0.4, 0.5) is 5.69 Å². The Morgan fingerprint density at radius 2 is 1.79 bits per heavy atom. The Kier molecular flexibility index (Phi) is 3.43. The predicted molar refractivity (Wildman–Crippen MR) is 88.9 cm³/mol. The van der Waals surface area contributed by atoms with E-state index in [2.05, 4.69) is 25.4 Å². The number of nitrogens with zero attached hydrogens (tertiary/aromatic N) is 5. The Hall–Kier alpha value is -3.61. The van der Waals surface area contributed by atoms with Gasteiger partial charge in [-0.1, -0.05) is 24.3 Å². The van der Waals surface area contributed by atoms with Crippen molar-refractivity contribution in [2.45, 2.75) is 0 Å². The number of hydrogen-bond acceptors (Lipinski definition) is 5. The number of fused-ring (bicyclic) bond motifs is 1. The normalized spacial score (nSPS) is 10.7. The van der Waals surface area contributed by atoms with E-state index in [4.69, 9.17) is 0 Å². The van der Waals surface area contributed by atoms with Gasteiger partial charge in [-0.3, -0.25) is 9.78 Å². The monoisotopic (exact) mass is 316 g/mol. The van der Waals surface area contributed by atoms with Crippen molar-refractivity contribution >= 4 is 22.4 Å². The smallest absolute Gasteiger partial charge is 0.274 e. The third-order valence-electron chi connectivity index (χ3n) is 3.49. The minimum Gasteiger partial charge on any atom is -0.318 e. The number of amides is 1. The van der Waals surface area contributed by atoms with Gasteiger partial charge in [0.05, 0.1) is 18.1 Å². The Morgan fingerprint density at radius 3 is 2.58 bits per heavy atom. The second-order valence-electron chi connectivity index (χ2n) is 5.06. The van der Waals surface area contributed by atoms with Crippen molar-refractivity contribution in [1.82, 2.24) is 24.7 Å². The minimum atomic E-state index is -0.303. The van der Waals surface area contributed by atoms with Crippen molar-refractivity contribution in [2.75, 3.05) is 5.32 Å². The first-order valence-electron chi connectivity index (χ1n) is 7.28. The molecule has 0 saturated carbocycles. The molecule has 116 valence electrons. The van der Waals surface area contributed by atoms with Crippen LogP contribution in [-0.4, -0.2) is 30.6 Å². The first-order valence-corrected chi connectivity index (χ1v) is 7.28. The molecule has 0 atom stereocenters. The summed E-state index contributed by atoms with van der Waals surface area (Å²) in [7, 11) is 0. The van der Waals surface area contributed by atoms with Crippen LogP contribution in [0, 0.1) is 0 Å². The molecule has 0 saturated heterocycles. The molecule has 0 aliphatic rings. The molecule has 7 nitrogen and oxygen atoms in total. The Labute approximate surface area is 137 Å². The number of pyridine rings is 1. The van der Waals surface area contributed by atoms with Gasteiger partial charge in [-0.15, -0.1) is 0 Å². The lowest BCUT2D eigenvalue weighted by molar-refractivity contribution is 0.102. The molecule has 0 aliphatic heterocycles. The van der Waals surface area contributed by atoms with Crippen molar-refractivity contribution in [1.29, 1.82) is 0 Å². The van der Waals surface area contributed by atoms with Crippen LogP contribution in [0.15, 0.2) is 67.4 Å². The molecule has 24 heavy (non-hydrogen) atoms. The van der Waals surface area contributed by atoms with Gasteiger partial charge in [0.25, 0.3) is 11.9 Å². The summed E-state index contributed by atoms with van der Waals surface area (Å²) in [6.45, 7) is 0. The number of carbonyl (C=O) groups excluding carboxylic acids is 1. The van der Waals surface area contributed by atoms with Crippen molar-refractivity contribution in [3.8, 4) is 5.95 Å². The number of benzene rings is 1. The summed E-state index contributed by atoms with van der Waals surface area (Å²) < 4.78 is 1.54. The van der Waals surface area contributed by atoms with Crippen LogP contribution in [0.5, 0.6) is 0 Å². The minimum absolute atomic E-state index is 0.303. The van der Waals surface area contributed by atoms with Crippen molar-refractivity contribution < 1.29 is 4.79 Å². The lowest BCUT2D eigenvalue weighted by Gasteiger charge is -2.07. The highest BCUT2D eigenvalue weighted by atomic mass is 16.1. The summed E-state index contributed by atoms with van der Waals surface area (Å²) in [5, 5.41) is 8.58. The first-order chi connectivity index (χ1) is 11.8. The molecule has 0 bridgehead atoms. The van der Waals surface area contributed by atoms with Gasteiger partial charge in [0.2, 0.25) is 0 Å². The molecule has 1 aromatic carbocycles. The van der Waals surface area contributed by atoms with Gasteiger partial charge in [0, 0.05) is 24.0 Å². The Morgan fingerprint density at radius 1 is 0.958 bits per heavy atom. The largest absolute Gasteiger partial charge is 0.318 e. The molecule has 1 N–H and O–H groups in total. The lowest BCUT2D eigenvalue weighted by atomic mass is 10.1. The van der Waals surface area contributed by atoms with E-state index in [1.165, 1.54) is 17.1 Å². The topological polar surface area (TPSA) is 85.6 Å². The second-order valence-corrected chi connectivity index (χ2v) is 5.06. The molecule has 3 heterocycles. The molecule has 1 amide bonds. The van der Waals surface area contributed by atoms with Gasteiger partial charge >= 0.3 is 0 Å². The van der Waals surface area contributed by atoms with Crippen LogP contribution >= 0.6 is 0 Å². The van der Waals surface area contributed by atoms with E-state index in [-0.39, 0.29) is 5.91 Å². The first kappa shape index (κ1) is 14.0. The number of nitrogens with one attached hydrogen (secondary N) is 1. The fourth-order valence-electron chi connectivity index (χ4n) is 2.38. The average molecular weight is 316 g/mol. The number of aromatic nitrogens is 5. The van der Waals surface area contributed by atoms with E-state index in [0.717, 1.165) is 10.8 Å². The molecular formula is C17H12N6O. The van der Waals surface area contributed by atoms with E-state index in [0.29, 0.717) is 17.3 Å². The van der Waals surface area contributed by atoms with E-state index >= 15 is 0 Å². The van der Waals surface area contributed by atoms with Gasteiger partial charge < -0.3 is 5.32 Å². The van der Waals surface area contributed by atoms with Gasteiger partial charge in [-0.25, -0.2) is 14.6 Å². The van der Waals surface area contributed by atoms with Gasteiger partial charge in [-0.2, -0.15) is 5.10 Å².